The molecule has 0 radical (unpaired) electrons. The Labute approximate surface area is 222 Å². The van der Waals surface area contributed by atoms with Crippen LogP contribution in [-0.2, 0) is 25.1 Å². The average molecular weight is 549 g/mol. The van der Waals surface area contributed by atoms with Gasteiger partial charge in [-0.2, -0.15) is 0 Å². The topological polar surface area (TPSA) is 97.9 Å². The summed E-state index contributed by atoms with van der Waals surface area (Å²) >= 11 is 5.85. The number of carbonyl (C=O) groups is 1. The number of rotatable bonds is 6. The van der Waals surface area contributed by atoms with Crippen LogP contribution in [0.5, 0.6) is 0 Å². The number of imidazole rings is 1. The van der Waals surface area contributed by atoms with Crippen molar-refractivity contribution in [3.05, 3.63) is 58.1 Å². The highest BCUT2D eigenvalue weighted by Crippen LogP contribution is 2.60. The highest BCUT2D eigenvalue weighted by molar-refractivity contribution is 6.31. The van der Waals surface area contributed by atoms with Gasteiger partial charge in [0.1, 0.15) is 22.8 Å². The Morgan fingerprint density at radius 2 is 1.89 bits per heavy atom. The third-order valence-electron chi connectivity index (χ3n) is 8.73. The number of fused-ring (bicyclic) bond motifs is 1. The molecule has 38 heavy (non-hydrogen) atoms. The number of hydrogen-bond acceptors (Lipinski definition) is 5. The van der Waals surface area contributed by atoms with Crippen LogP contribution in [0.1, 0.15) is 72.0 Å². The number of amides is 1. The number of carbonyl (C=O) groups excluding carboxylic acids is 1. The minimum absolute atomic E-state index is 0.00507. The number of hydrogen-bond donors (Lipinski definition) is 2. The summed E-state index contributed by atoms with van der Waals surface area (Å²) in [6, 6.07) is 3.99. The highest BCUT2D eigenvalue weighted by Gasteiger charge is 2.60. The number of anilines is 1. The van der Waals surface area contributed by atoms with Crippen molar-refractivity contribution in [3.8, 4) is 0 Å². The molecule has 202 valence electrons. The van der Waals surface area contributed by atoms with E-state index in [0.29, 0.717) is 67.0 Å². The first-order valence-corrected chi connectivity index (χ1v) is 13.1. The lowest BCUT2D eigenvalue weighted by Gasteiger charge is -2.26. The summed E-state index contributed by atoms with van der Waals surface area (Å²) in [5.74, 6) is -0.670. The molecule has 3 saturated carbocycles. The normalized spacial score (nSPS) is 27.6. The molecule has 2 atom stereocenters. The molecule has 0 aliphatic heterocycles. The zero-order chi connectivity index (χ0) is 27.0. The first-order chi connectivity index (χ1) is 18.0. The molecule has 8 nitrogen and oxygen atoms in total. The van der Waals surface area contributed by atoms with Crippen LogP contribution in [0, 0.1) is 17.7 Å². The summed E-state index contributed by atoms with van der Waals surface area (Å²) in [7, 11) is 3.35. The second-order valence-corrected chi connectivity index (χ2v) is 11.6. The summed E-state index contributed by atoms with van der Waals surface area (Å²) in [5.41, 5.74) is -0.468. The minimum atomic E-state index is -2.54. The van der Waals surface area contributed by atoms with E-state index in [1.165, 1.54) is 22.9 Å². The lowest BCUT2D eigenvalue weighted by atomic mass is 9.86. The SMILES string of the molecule is Cn1cnc(C2CC3CC(O)(c4nnn(C)c4C4(C(F)F)CC4)CC3C2)c1C(=O)Nc1ccc(F)c(Cl)c1. The summed E-state index contributed by atoms with van der Waals surface area (Å²) in [6.45, 7) is 0. The van der Waals surface area contributed by atoms with E-state index in [4.69, 9.17) is 11.6 Å². The van der Waals surface area contributed by atoms with Gasteiger partial charge < -0.3 is 15.0 Å². The quantitative estimate of drug-likeness (QED) is 0.466. The van der Waals surface area contributed by atoms with Crippen molar-refractivity contribution in [2.75, 3.05) is 5.32 Å². The first-order valence-electron chi connectivity index (χ1n) is 12.7. The standard InChI is InChI=1S/C26H28ClF3N6O2/c1-35-12-31-19(20(35)23(37)32-16-3-4-18(28)17(27)9-16)13-7-14-10-26(38,11-15(14)8-13)21-22(36(2)34-33-21)25(5-6-25)24(29)30/h3-4,9,12-15,24,38H,5-8,10-11H2,1-2H3,(H,32,37). The van der Waals surface area contributed by atoms with Crippen LogP contribution in [0.15, 0.2) is 24.5 Å². The second-order valence-electron chi connectivity index (χ2n) is 11.2. The second kappa shape index (κ2) is 8.81. The maximum Gasteiger partial charge on any atom is 0.274 e. The van der Waals surface area contributed by atoms with Gasteiger partial charge in [-0.1, -0.05) is 16.8 Å². The van der Waals surface area contributed by atoms with Gasteiger partial charge in [-0.15, -0.1) is 5.10 Å². The van der Waals surface area contributed by atoms with Gasteiger partial charge in [0.05, 0.1) is 28.2 Å². The Morgan fingerprint density at radius 1 is 1.21 bits per heavy atom. The lowest BCUT2D eigenvalue weighted by molar-refractivity contribution is 0.0258. The predicted molar refractivity (Wildman–Crippen MR) is 133 cm³/mol. The van der Waals surface area contributed by atoms with Gasteiger partial charge in [-0.25, -0.2) is 18.2 Å². The minimum Gasteiger partial charge on any atom is -0.383 e. The van der Waals surface area contributed by atoms with E-state index in [0.717, 1.165) is 0 Å². The Hall–Kier alpha value is -2.92. The molecule has 3 aliphatic carbocycles. The Kier molecular flexibility index (Phi) is 5.88. The van der Waals surface area contributed by atoms with Crippen molar-refractivity contribution < 1.29 is 23.1 Å². The molecule has 3 aromatic rings. The summed E-state index contributed by atoms with van der Waals surface area (Å²) in [6.07, 6.45) is 2.01. The number of aryl methyl sites for hydroxylation is 2. The Bertz CT molecular complexity index is 1400. The molecule has 0 spiro atoms. The van der Waals surface area contributed by atoms with Crippen molar-refractivity contribution in [1.82, 2.24) is 24.5 Å². The number of halogens is 4. The van der Waals surface area contributed by atoms with E-state index in [2.05, 4.69) is 20.6 Å². The van der Waals surface area contributed by atoms with Gasteiger partial charge in [-0.05, 0) is 68.6 Å². The molecule has 2 heterocycles. The van der Waals surface area contributed by atoms with Crippen molar-refractivity contribution in [2.24, 2.45) is 25.9 Å². The average Bonchev–Trinajstić information content (AvgIpc) is 3.08. The van der Waals surface area contributed by atoms with E-state index in [1.807, 2.05) is 0 Å². The van der Waals surface area contributed by atoms with Gasteiger partial charge in [0, 0.05) is 25.7 Å². The molecule has 2 aromatic heterocycles. The number of nitrogens with zero attached hydrogens (tertiary/aromatic N) is 5. The predicted octanol–water partition coefficient (Wildman–Crippen LogP) is 4.68. The number of alkyl halides is 2. The third kappa shape index (κ3) is 3.93. The Balaban J connectivity index is 1.20. The molecule has 2 N–H and O–H groups in total. The van der Waals surface area contributed by atoms with Crippen LogP contribution < -0.4 is 5.32 Å². The van der Waals surface area contributed by atoms with Crippen LogP contribution in [0.2, 0.25) is 5.02 Å². The fraction of sp³-hybridized carbons (Fsp3) is 0.538. The number of benzene rings is 1. The summed E-state index contributed by atoms with van der Waals surface area (Å²) in [4.78, 5) is 17.7. The van der Waals surface area contributed by atoms with Gasteiger partial charge in [-0.3, -0.25) is 9.48 Å². The fourth-order valence-electron chi connectivity index (χ4n) is 6.79. The molecule has 6 rings (SSSR count). The molecule has 12 heteroatoms. The highest BCUT2D eigenvalue weighted by atomic mass is 35.5. The number of nitrogens with one attached hydrogen (secondary N) is 1. The smallest absolute Gasteiger partial charge is 0.274 e. The number of aliphatic hydroxyl groups is 1. The molecule has 1 aromatic carbocycles. The van der Waals surface area contributed by atoms with Crippen LogP contribution in [0.4, 0.5) is 18.9 Å². The molecule has 3 aliphatic rings. The van der Waals surface area contributed by atoms with Crippen molar-refractivity contribution in [1.29, 1.82) is 0 Å². The monoisotopic (exact) mass is 548 g/mol. The van der Waals surface area contributed by atoms with Crippen LogP contribution in [-0.4, -0.2) is 42.0 Å². The van der Waals surface area contributed by atoms with Crippen molar-refractivity contribution in [2.45, 2.75) is 61.9 Å². The van der Waals surface area contributed by atoms with Gasteiger partial charge >= 0.3 is 0 Å². The maximum absolute atomic E-state index is 13.9. The van der Waals surface area contributed by atoms with E-state index in [9.17, 15) is 23.1 Å². The van der Waals surface area contributed by atoms with E-state index in [-0.39, 0.29) is 28.7 Å². The largest absolute Gasteiger partial charge is 0.383 e. The fourth-order valence-corrected chi connectivity index (χ4v) is 6.97. The van der Waals surface area contributed by atoms with Crippen molar-refractivity contribution in [3.63, 3.8) is 0 Å². The van der Waals surface area contributed by atoms with Gasteiger partial charge in [0.15, 0.2) is 0 Å². The summed E-state index contributed by atoms with van der Waals surface area (Å²) < 4.78 is 44.5. The molecule has 0 bridgehead atoms. The molecular weight excluding hydrogens is 521 g/mol. The van der Waals surface area contributed by atoms with E-state index >= 15 is 0 Å². The Morgan fingerprint density at radius 3 is 2.50 bits per heavy atom. The molecule has 0 saturated heterocycles. The maximum atomic E-state index is 13.9. The first kappa shape index (κ1) is 25.4. The van der Waals surface area contributed by atoms with Gasteiger partial charge in [0.2, 0.25) is 6.43 Å². The summed E-state index contributed by atoms with van der Waals surface area (Å²) in [5, 5.41) is 22.5. The molecule has 1 amide bonds. The van der Waals surface area contributed by atoms with E-state index < -0.39 is 23.3 Å². The molecular formula is C26H28ClF3N6O2. The van der Waals surface area contributed by atoms with Crippen molar-refractivity contribution >= 4 is 23.2 Å². The zero-order valence-corrected chi connectivity index (χ0v) is 21.7. The van der Waals surface area contributed by atoms with Crippen LogP contribution >= 0.6 is 11.6 Å². The number of aromatic nitrogens is 5. The zero-order valence-electron chi connectivity index (χ0n) is 21.0. The van der Waals surface area contributed by atoms with Gasteiger partial charge in [0.25, 0.3) is 5.91 Å². The molecule has 3 fully saturated rings. The molecule has 2 unspecified atom stereocenters. The third-order valence-corrected chi connectivity index (χ3v) is 9.02. The lowest BCUT2D eigenvalue weighted by Crippen LogP contribution is -2.30. The van der Waals surface area contributed by atoms with Crippen LogP contribution in [0.3, 0.4) is 0 Å². The van der Waals surface area contributed by atoms with E-state index in [1.54, 1.807) is 25.0 Å². The van der Waals surface area contributed by atoms with Crippen LogP contribution in [0.25, 0.3) is 0 Å².